The Kier molecular flexibility index (Phi) is 4.89. The van der Waals surface area contributed by atoms with E-state index in [0.717, 1.165) is 6.42 Å². The summed E-state index contributed by atoms with van der Waals surface area (Å²) in [5, 5.41) is 5.77. The van der Waals surface area contributed by atoms with E-state index in [1.54, 1.807) is 19.2 Å². The second-order valence-corrected chi connectivity index (χ2v) is 6.72. The second-order valence-electron chi connectivity index (χ2n) is 6.72. The van der Waals surface area contributed by atoms with Gasteiger partial charge in [0, 0.05) is 35.6 Å². The van der Waals surface area contributed by atoms with Crippen molar-refractivity contribution < 1.29 is 4.79 Å². The third-order valence-electron chi connectivity index (χ3n) is 3.93. The number of aromatic amines is 1. The summed E-state index contributed by atoms with van der Waals surface area (Å²) in [6.07, 6.45) is 2.41. The van der Waals surface area contributed by atoms with Crippen LogP contribution < -0.4 is 16.6 Å². The molecule has 1 amide bonds. The standard InChI is InChI=1S/C16H25N5O2/c1-10(2)8-16(4,9-17)20-14(22)7-12-11(3)19-13-5-6-18-21(13)15(12)23/h5-6,10,18H,7-9,17H2,1-4H3,(H,20,22). The molecule has 0 saturated carbocycles. The molecule has 0 saturated heterocycles. The number of hydrogen-bond donors (Lipinski definition) is 3. The van der Waals surface area contributed by atoms with Crippen molar-refractivity contribution in [3.63, 3.8) is 0 Å². The van der Waals surface area contributed by atoms with E-state index in [9.17, 15) is 9.59 Å². The summed E-state index contributed by atoms with van der Waals surface area (Å²) in [6.45, 7) is 8.19. The first-order valence-corrected chi connectivity index (χ1v) is 7.82. The maximum Gasteiger partial charge on any atom is 0.276 e. The van der Waals surface area contributed by atoms with Crippen LogP contribution in [-0.2, 0) is 11.2 Å². The predicted octanol–water partition coefficient (Wildman–Crippen LogP) is 0.753. The monoisotopic (exact) mass is 319 g/mol. The van der Waals surface area contributed by atoms with Gasteiger partial charge in [-0.2, -0.15) is 0 Å². The van der Waals surface area contributed by atoms with Gasteiger partial charge in [-0.15, -0.1) is 0 Å². The van der Waals surface area contributed by atoms with E-state index in [2.05, 4.69) is 29.2 Å². The van der Waals surface area contributed by atoms with E-state index >= 15 is 0 Å². The third-order valence-corrected chi connectivity index (χ3v) is 3.93. The highest BCUT2D eigenvalue weighted by Crippen LogP contribution is 2.15. The van der Waals surface area contributed by atoms with Gasteiger partial charge in [0.05, 0.1) is 6.42 Å². The van der Waals surface area contributed by atoms with Crippen molar-refractivity contribution in [3.05, 3.63) is 33.9 Å². The Morgan fingerprint density at radius 1 is 1.52 bits per heavy atom. The quantitative estimate of drug-likeness (QED) is 0.730. The summed E-state index contributed by atoms with van der Waals surface area (Å²) in [5.41, 5.74) is 6.61. The lowest BCUT2D eigenvalue weighted by atomic mass is 9.90. The number of hydrogen-bond acceptors (Lipinski definition) is 4. The highest BCUT2D eigenvalue weighted by Gasteiger charge is 2.26. The Morgan fingerprint density at radius 3 is 2.83 bits per heavy atom. The Hall–Kier alpha value is -2.15. The zero-order valence-corrected chi connectivity index (χ0v) is 14.1. The fraction of sp³-hybridized carbons (Fsp3) is 0.562. The molecule has 7 nitrogen and oxygen atoms in total. The molecule has 0 aromatic carbocycles. The molecule has 0 fully saturated rings. The molecule has 2 aromatic rings. The van der Waals surface area contributed by atoms with E-state index in [1.807, 2.05) is 6.92 Å². The Bertz CT molecular complexity index is 761. The molecule has 0 bridgehead atoms. The van der Waals surface area contributed by atoms with Gasteiger partial charge >= 0.3 is 0 Å². The molecule has 0 aliphatic carbocycles. The number of amides is 1. The summed E-state index contributed by atoms with van der Waals surface area (Å²) >= 11 is 0. The molecule has 2 rings (SSSR count). The highest BCUT2D eigenvalue weighted by atomic mass is 16.2. The summed E-state index contributed by atoms with van der Waals surface area (Å²) in [5.74, 6) is 0.195. The van der Waals surface area contributed by atoms with Crippen LogP contribution >= 0.6 is 0 Å². The van der Waals surface area contributed by atoms with E-state index < -0.39 is 5.54 Å². The van der Waals surface area contributed by atoms with E-state index in [0.29, 0.717) is 29.4 Å². The number of aromatic nitrogens is 3. The van der Waals surface area contributed by atoms with Crippen molar-refractivity contribution in [3.8, 4) is 0 Å². The summed E-state index contributed by atoms with van der Waals surface area (Å²) in [6, 6.07) is 1.71. The molecule has 0 spiro atoms. The Balaban J connectivity index is 2.22. The third kappa shape index (κ3) is 3.79. The van der Waals surface area contributed by atoms with Crippen LogP contribution in [0.15, 0.2) is 17.1 Å². The average molecular weight is 319 g/mol. The normalized spacial score (nSPS) is 14.2. The van der Waals surface area contributed by atoms with Crippen molar-refractivity contribution in [2.75, 3.05) is 6.54 Å². The van der Waals surface area contributed by atoms with Gasteiger partial charge in [-0.1, -0.05) is 13.8 Å². The van der Waals surface area contributed by atoms with Gasteiger partial charge in [0.15, 0.2) is 5.65 Å². The first-order valence-electron chi connectivity index (χ1n) is 7.82. The smallest absolute Gasteiger partial charge is 0.276 e. The molecule has 1 atom stereocenters. The molecular formula is C16H25N5O2. The number of aryl methyl sites for hydroxylation is 1. The molecule has 23 heavy (non-hydrogen) atoms. The largest absolute Gasteiger partial charge is 0.349 e. The lowest BCUT2D eigenvalue weighted by molar-refractivity contribution is -0.122. The lowest BCUT2D eigenvalue weighted by Gasteiger charge is -2.31. The Labute approximate surface area is 135 Å². The number of H-pyrrole nitrogens is 1. The lowest BCUT2D eigenvalue weighted by Crippen LogP contribution is -2.52. The van der Waals surface area contributed by atoms with Crippen molar-refractivity contribution in [1.29, 1.82) is 0 Å². The molecule has 0 aliphatic rings. The van der Waals surface area contributed by atoms with Gasteiger partial charge in [0.2, 0.25) is 5.91 Å². The van der Waals surface area contributed by atoms with Crippen molar-refractivity contribution in [1.82, 2.24) is 19.9 Å². The topological polar surface area (TPSA) is 105 Å². The van der Waals surface area contributed by atoms with E-state index in [-0.39, 0.29) is 17.9 Å². The number of nitrogens with two attached hydrogens (primary N) is 1. The SMILES string of the molecule is Cc1nc2cc[nH]n2c(=O)c1CC(=O)NC(C)(CN)CC(C)C. The zero-order valence-electron chi connectivity index (χ0n) is 14.1. The minimum Gasteiger partial charge on any atom is -0.349 e. The van der Waals surface area contributed by atoms with Gasteiger partial charge in [-0.25, -0.2) is 9.50 Å². The van der Waals surface area contributed by atoms with Crippen LogP contribution in [0.25, 0.3) is 5.65 Å². The number of rotatable bonds is 6. The molecule has 1 unspecified atom stereocenters. The number of nitrogens with one attached hydrogen (secondary N) is 2. The fourth-order valence-corrected chi connectivity index (χ4v) is 2.94. The van der Waals surface area contributed by atoms with Crippen LogP contribution in [0.3, 0.4) is 0 Å². The first kappa shape index (κ1) is 17.2. The zero-order chi connectivity index (χ0) is 17.2. The van der Waals surface area contributed by atoms with Gasteiger partial charge < -0.3 is 11.1 Å². The summed E-state index contributed by atoms with van der Waals surface area (Å²) < 4.78 is 1.34. The number of fused-ring (bicyclic) bond motifs is 1. The van der Waals surface area contributed by atoms with Gasteiger partial charge in [0.25, 0.3) is 5.56 Å². The molecule has 126 valence electrons. The van der Waals surface area contributed by atoms with Gasteiger partial charge in [-0.3, -0.25) is 14.7 Å². The van der Waals surface area contributed by atoms with E-state index in [1.165, 1.54) is 4.52 Å². The highest BCUT2D eigenvalue weighted by molar-refractivity contribution is 5.79. The van der Waals surface area contributed by atoms with Crippen LogP contribution in [0.4, 0.5) is 0 Å². The summed E-state index contributed by atoms with van der Waals surface area (Å²) in [7, 11) is 0. The van der Waals surface area contributed by atoms with Crippen LogP contribution in [0.5, 0.6) is 0 Å². The van der Waals surface area contributed by atoms with Crippen molar-refractivity contribution in [2.45, 2.75) is 46.1 Å². The maximum atomic E-state index is 12.4. The average Bonchev–Trinajstić information content (AvgIpc) is 2.90. The minimum atomic E-state index is -0.473. The molecule has 0 aliphatic heterocycles. The van der Waals surface area contributed by atoms with Crippen molar-refractivity contribution in [2.24, 2.45) is 11.7 Å². The van der Waals surface area contributed by atoms with Crippen molar-refractivity contribution >= 4 is 11.6 Å². The number of carbonyl (C=O) groups excluding carboxylic acids is 1. The first-order chi connectivity index (χ1) is 10.8. The number of carbonyl (C=O) groups is 1. The van der Waals surface area contributed by atoms with Gasteiger partial charge in [0.1, 0.15) is 0 Å². The minimum absolute atomic E-state index is 0.00664. The molecule has 2 aromatic heterocycles. The molecule has 7 heteroatoms. The Morgan fingerprint density at radius 2 is 2.22 bits per heavy atom. The predicted molar refractivity (Wildman–Crippen MR) is 89.3 cm³/mol. The van der Waals surface area contributed by atoms with E-state index in [4.69, 9.17) is 5.73 Å². The molecule has 4 N–H and O–H groups in total. The molecular weight excluding hydrogens is 294 g/mol. The van der Waals surface area contributed by atoms with Gasteiger partial charge in [-0.05, 0) is 26.2 Å². The van der Waals surface area contributed by atoms with Crippen LogP contribution in [-0.4, -0.2) is 32.6 Å². The number of nitrogens with zero attached hydrogens (tertiary/aromatic N) is 2. The van der Waals surface area contributed by atoms with Crippen LogP contribution in [0.1, 0.15) is 38.4 Å². The maximum absolute atomic E-state index is 12.4. The van der Waals surface area contributed by atoms with Crippen LogP contribution in [0.2, 0.25) is 0 Å². The fourth-order valence-electron chi connectivity index (χ4n) is 2.94. The summed E-state index contributed by atoms with van der Waals surface area (Å²) in [4.78, 5) is 29.2. The molecule has 2 heterocycles. The second kappa shape index (κ2) is 6.54. The van der Waals surface area contributed by atoms with Crippen LogP contribution in [0, 0.1) is 12.8 Å². The molecule has 0 radical (unpaired) electrons.